The van der Waals surface area contributed by atoms with E-state index in [2.05, 4.69) is 0 Å². The van der Waals surface area contributed by atoms with Gasteiger partial charge >= 0.3 is 5.97 Å². The molecular weight excluding hydrogens is 312 g/mol. The van der Waals surface area contributed by atoms with Gasteiger partial charge in [0.2, 0.25) is 0 Å². The highest BCUT2D eigenvalue weighted by atomic mass is 35.5. The number of rotatable bonds is 5. The molecule has 0 saturated carbocycles. The molecule has 2 aromatic carbocycles. The van der Waals surface area contributed by atoms with Gasteiger partial charge in [0, 0.05) is 5.02 Å². The highest BCUT2D eigenvalue weighted by Gasteiger charge is 2.19. The fourth-order valence-electron chi connectivity index (χ4n) is 1.93. The monoisotopic (exact) mass is 324 g/mol. The molecule has 110 valence electrons. The topological polar surface area (TPSA) is 71.4 Å². The highest BCUT2D eigenvalue weighted by molar-refractivity contribution is 7.92. The summed E-state index contributed by atoms with van der Waals surface area (Å²) in [5.41, 5.74) is 1.85. The van der Waals surface area contributed by atoms with Crippen molar-refractivity contribution in [3.05, 3.63) is 64.7 Å². The zero-order chi connectivity index (χ0) is 15.5. The van der Waals surface area contributed by atoms with E-state index < -0.39 is 21.6 Å². The molecule has 0 radical (unpaired) electrons. The quantitative estimate of drug-likeness (QED) is 0.918. The Morgan fingerprint density at radius 2 is 1.76 bits per heavy atom. The van der Waals surface area contributed by atoms with E-state index >= 15 is 0 Å². The van der Waals surface area contributed by atoms with Gasteiger partial charge in [0.25, 0.3) is 0 Å². The summed E-state index contributed by atoms with van der Waals surface area (Å²) in [6, 6.07) is 13.9. The maximum absolute atomic E-state index is 11.8. The van der Waals surface area contributed by atoms with Crippen molar-refractivity contribution >= 4 is 27.4 Å². The second-order valence-corrected chi connectivity index (χ2v) is 6.97. The Bertz CT molecular complexity index is 754. The van der Waals surface area contributed by atoms with Crippen molar-refractivity contribution in [3.63, 3.8) is 0 Å². The molecule has 21 heavy (non-hydrogen) atoms. The Balaban J connectivity index is 2.28. The number of hydrogen-bond donors (Lipinski definition) is 1. The van der Waals surface area contributed by atoms with Gasteiger partial charge in [-0.25, -0.2) is 8.42 Å². The molecule has 1 N–H and O–H groups in total. The van der Waals surface area contributed by atoms with E-state index in [9.17, 15) is 13.2 Å². The van der Waals surface area contributed by atoms with E-state index in [0.29, 0.717) is 11.4 Å². The molecule has 0 atom stereocenters. The Labute approximate surface area is 127 Å². The van der Waals surface area contributed by atoms with Gasteiger partial charge in [0.15, 0.2) is 15.6 Å². The minimum Gasteiger partial charge on any atom is -0.480 e. The minimum absolute atomic E-state index is 0.0771. The summed E-state index contributed by atoms with van der Waals surface area (Å²) in [6.07, 6.45) is 0.582. The number of hydrogen-bond acceptors (Lipinski definition) is 3. The summed E-state index contributed by atoms with van der Waals surface area (Å²) in [7, 11) is -3.86. The predicted molar refractivity (Wildman–Crippen MR) is 80.4 cm³/mol. The number of carboxylic acids is 1. The molecule has 0 aromatic heterocycles. The van der Waals surface area contributed by atoms with Crippen molar-refractivity contribution in [3.8, 4) is 0 Å². The van der Waals surface area contributed by atoms with Crippen molar-refractivity contribution < 1.29 is 18.3 Å². The van der Waals surface area contributed by atoms with Crippen LogP contribution in [0.2, 0.25) is 5.02 Å². The summed E-state index contributed by atoms with van der Waals surface area (Å²) in [5.74, 6) is -2.33. The Hall–Kier alpha value is -1.85. The fourth-order valence-corrected chi connectivity index (χ4v) is 3.30. The molecule has 0 aliphatic rings. The molecule has 0 amide bonds. The summed E-state index contributed by atoms with van der Waals surface area (Å²) >= 11 is 6.11. The number of sulfone groups is 1. The zero-order valence-corrected chi connectivity index (χ0v) is 12.6. The van der Waals surface area contributed by atoms with E-state index in [1.54, 1.807) is 6.07 Å². The van der Waals surface area contributed by atoms with Crippen LogP contribution in [0.3, 0.4) is 0 Å². The lowest BCUT2D eigenvalue weighted by atomic mass is 10.1. The second kappa shape index (κ2) is 6.28. The summed E-state index contributed by atoms with van der Waals surface area (Å²) in [6.45, 7) is 0. The van der Waals surface area contributed by atoms with E-state index in [-0.39, 0.29) is 4.90 Å². The molecule has 0 heterocycles. The van der Waals surface area contributed by atoms with Crippen LogP contribution in [0.4, 0.5) is 0 Å². The van der Waals surface area contributed by atoms with Crippen LogP contribution >= 0.6 is 11.6 Å². The van der Waals surface area contributed by atoms with Crippen LogP contribution in [0.25, 0.3) is 0 Å². The molecule has 0 aliphatic carbocycles. The number of carboxylic acid groups (broad SMARTS) is 1. The maximum Gasteiger partial charge on any atom is 0.319 e. The van der Waals surface area contributed by atoms with Crippen molar-refractivity contribution in [1.29, 1.82) is 0 Å². The SMILES string of the molecule is O=C(O)CS(=O)(=O)c1ccc(Cc2ccccc2)c(Cl)c1. The molecule has 0 fully saturated rings. The first kappa shape index (κ1) is 15.5. The molecule has 6 heteroatoms. The number of halogens is 1. The fraction of sp³-hybridized carbons (Fsp3) is 0.133. The van der Waals surface area contributed by atoms with Gasteiger partial charge in [-0.3, -0.25) is 4.79 Å². The molecule has 0 spiro atoms. The second-order valence-electron chi connectivity index (χ2n) is 4.57. The zero-order valence-electron chi connectivity index (χ0n) is 11.0. The van der Waals surface area contributed by atoms with Crippen molar-refractivity contribution in [2.45, 2.75) is 11.3 Å². The van der Waals surface area contributed by atoms with Crippen LogP contribution in [0.1, 0.15) is 11.1 Å². The number of aliphatic carboxylic acids is 1. The normalized spacial score (nSPS) is 11.3. The molecule has 2 aromatic rings. The molecule has 0 bridgehead atoms. The number of carbonyl (C=O) groups is 1. The molecular formula is C15H13ClO4S. The van der Waals surface area contributed by atoms with Gasteiger partial charge in [0.05, 0.1) is 4.90 Å². The van der Waals surface area contributed by atoms with Crippen LogP contribution in [-0.4, -0.2) is 25.2 Å². The van der Waals surface area contributed by atoms with Gasteiger partial charge in [-0.15, -0.1) is 0 Å². The van der Waals surface area contributed by atoms with E-state index in [1.165, 1.54) is 12.1 Å². The largest absolute Gasteiger partial charge is 0.480 e. The molecule has 0 saturated heterocycles. The van der Waals surface area contributed by atoms with Gasteiger partial charge in [-0.2, -0.15) is 0 Å². The lowest BCUT2D eigenvalue weighted by Crippen LogP contribution is -2.15. The van der Waals surface area contributed by atoms with Crippen molar-refractivity contribution in [2.24, 2.45) is 0 Å². The average molecular weight is 325 g/mol. The van der Waals surface area contributed by atoms with E-state index in [4.69, 9.17) is 16.7 Å². The standard InChI is InChI=1S/C15H13ClO4S/c16-14-9-13(21(19,20)10-15(17)18)7-6-12(14)8-11-4-2-1-3-5-11/h1-7,9H,8,10H2,(H,17,18). The molecule has 0 unspecified atom stereocenters. The van der Waals surface area contributed by atoms with Crippen LogP contribution < -0.4 is 0 Å². The molecule has 2 rings (SSSR count). The highest BCUT2D eigenvalue weighted by Crippen LogP contribution is 2.24. The Kier molecular flexibility index (Phi) is 4.65. The molecule has 4 nitrogen and oxygen atoms in total. The van der Waals surface area contributed by atoms with Gasteiger partial charge in [-0.1, -0.05) is 48.0 Å². The maximum atomic E-state index is 11.8. The van der Waals surface area contributed by atoms with E-state index in [0.717, 1.165) is 11.1 Å². The van der Waals surface area contributed by atoms with Crippen molar-refractivity contribution in [1.82, 2.24) is 0 Å². The van der Waals surface area contributed by atoms with Gasteiger partial charge < -0.3 is 5.11 Å². The number of benzene rings is 2. The average Bonchev–Trinajstić information content (AvgIpc) is 2.40. The third kappa shape index (κ3) is 4.06. The van der Waals surface area contributed by atoms with Gasteiger partial charge in [0.1, 0.15) is 0 Å². The lowest BCUT2D eigenvalue weighted by Gasteiger charge is -2.07. The third-order valence-electron chi connectivity index (χ3n) is 2.93. The first-order chi connectivity index (χ1) is 9.88. The van der Waals surface area contributed by atoms with Crippen LogP contribution in [-0.2, 0) is 21.1 Å². The lowest BCUT2D eigenvalue weighted by molar-refractivity contribution is -0.134. The van der Waals surface area contributed by atoms with Crippen molar-refractivity contribution in [2.75, 3.05) is 5.75 Å². The summed E-state index contributed by atoms with van der Waals surface area (Å²) < 4.78 is 23.6. The molecule has 0 aliphatic heterocycles. The first-order valence-corrected chi connectivity index (χ1v) is 8.18. The van der Waals surface area contributed by atoms with Crippen LogP contribution in [0, 0.1) is 0 Å². The summed E-state index contributed by atoms with van der Waals surface area (Å²) in [4.78, 5) is 10.5. The smallest absolute Gasteiger partial charge is 0.319 e. The van der Waals surface area contributed by atoms with Crippen LogP contribution in [0.5, 0.6) is 0 Å². The van der Waals surface area contributed by atoms with Gasteiger partial charge in [-0.05, 0) is 29.7 Å². The first-order valence-electron chi connectivity index (χ1n) is 6.15. The van der Waals surface area contributed by atoms with E-state index in [1.807, 2.05) is 30.3 Å². The Morgan fingerprint density at radius 1 is 1.10 bits per heavy atom. The summed E-state index contributed by atoms with van der Waals surface area (Å²) in [5, 5.41) is 8.93. The third-order valence-corrected chi connectivity index (χ3v) is 4.89. The predicted octanol–water partition coefficient (Wildman–Crippen LogP) is 2.79. The Morgan fingerprint density at radius 3 is 2.33 bits per heavy atom. The van der Waals surface area contributed by atoms with Crippen LogP contribution in [0.15, 0.2) is 53.4 Å². The minimum atomic E-state index is -3.86.